The molecule has 3 heteroatoms. The van der Waals surface area contributed by atoms with E-state index < -0.39 is 5.60 Å². The van der Waals surface area contributed by atoms with E-state index in [0.29, 0.717) is 12.3 Å². The molecule has 2 saturated carbocycles. The Morgan fingerprint density at radius 1 is 1.06 bits per heavy atom. The van der Waals surface area contributed by atoms with E-state index >= 15 is 0 Å². The SMILES string of the molecule is CC1(C)[C@@H](O)CC[C@]2(C)[C@@H](CO)[C@](C)(O)CC[C@@H]12. The largest absolute Gasteiger partial charge is 0.396 e. The Morgan fingerprint density at radius 3 is 2.22 bits per heavy atom. The third-order valence-corrected chi connectivity index (χ3v) is 6.18. The summed E-state index contributed by atoms with van der Waals surface area (Å²) >= 11 is 0. The molecule has 0 spiro atoms. The van der Waals surface area contributed by atoms with Gasteiger partial charge < -0.3 is 15.3 Å². The quantitative estimate of drug-likeness (QED) is 0.672. The summed E-state index contributed by atoms with van der Waals surface area (Å²) in [4.78, 5) is 0. The molecular formula is C15H28O3. The summed E-state index contributed by atoms with van der Waals surface area (Å²) < 4.78 is 0. The number of fused-ring (bicyclic) bond motifs is 1. The second kappa shape index (κ2) is 4.19. The lowest BCUT2D eigenvalue weighted by molar-refractivity contribution is -0.202. The maximum absolute atomic E-state index is 10.6. The molecule has 5 atom stereocenters. The molecule has 0 aromatic carbocycles. The number of hydrogen-bond acceptors (Lipinski definition) is 3. The van der Waals surface area contributed by atoms with Gasteiger partial charge in [-0.2, -0.15) is 0 Å². The average molecular weight is 256 g/mol. The number of hydrogen-bond donors (Lipinski definition) is 3. The molecule has 0 aromatic heterocycles. The Balaban J connectivity index is 2.39. The van der Waals surface area contributed by atoms with Crippen molar-refractivity contribution in [3.05, 3.63) is 0 Å². The minimum Gasteiger partial charge on any atom is -0.396 e. The molecule has 0 unspecified atom stereocenters. The summed E-state index contributed by atoms with van der Waals surface area (Å²) in [6.07, 6.45) is 3.05. The van der Waals surface area contributed by atoms with Crippen LogP contribution in [0, 0.1) is 22.7 Å². The van der Waals surface area contributed by atoms with Crippen LogP contribution in [0.15, 0.2) is 0 Å². The highest BCUT2D eigenvalue weighted by atomic mass is 16.3. The van der Waals surface area contributed by atoms with Crippen LogP contribution in [0.5, 0.6) is 0 Å². The van der Waals surface area contributed by atoms with Crippen LogP contribution in [-0.2, 0) is 0 Å². The van der Waals surface area contributed by atoms with E-state index in [-0.39, 0.29) is 29.5 Å². The van der Waals surface area contributed by atoms with Gasteiger partial charge in [0.15, 0.2) is 0 Å². The van der Waals surface area contributed by atoms with Crippen molar-refractivity contribution in [1.82, 2.24) is 0 Å². The molecule has 3 nitrogen and oxygen atoms in total. The maximum Gasteiger partial charge on any atom is 0.0675 e. The number of aliphatic hydroxyl groups excluding tert-OH is 2. The first-order valence-electron chi connectivity index (χ1n) is 7.17. The smallest absolute Gasteiger partial charge is 0.0675 e. The van der Waals surface area contributed by atoms with Gasteiger partial charge in [-0.3, -0.25) is 0 Å². The third-order valence-electron chi connectivity index (χ3n) is 6.18. The molecule has 2 rings (SSSR count). The summed E-state index contributed by atoms with van der Waals surface area (Å²) in [6, 6.07) is 0. The average Bonchev–Trinajstić information content (AvgIpc) is 2.23. The lowest BCUT2D eigenvalue weighted by atomic mass is 9.45. The normalized spacial score (nSPS) is 51.8. The minimum absolute atomic E-state index is 0.0339. The van der Waals surface area contributed by atoms with Crippen LogP contribution in [-0.4, -0.2) is 33.6 Å². The second-order valence-corrected chi connectivity index (χ2v) is 7.57. The molecule has 2 fully saturated rings. The lowest BCUT2D eigenvalue weighted by Gasteiger charge is -2.61. The van der Waals surface area contributed by atoms with Crippen molar-refractivity contribution in [2.45, 2.75) is 65.1 Å². The fraction of sp³-hybridized carbons (Fsp3) is 1.00. The number of aliphatic hydroxyl groups is 3. The van der Waals surface area contributed by atoms with Crippen LogP contribution in [0.4, 0.5) is 0 Å². The second-order valence-electron chi connectivity index (χ2n) is 7.57. The van der Waals surface area contributed by atoms with E-state index in [2.05, 4.69) is 20.8 Å². The van der Waals surface area contributed by atoms with E-state index in [1.807, 2.05) is 6.92 Å². The van der Waals surface area contributed by atoms with Gasteiger partial charge in [-0.1, -0.05) is 20.8 Å². The highest BCUT2D eigenvalue weighted by molar-refractivity contribution is 5.09. The van der Waals surface area contributed by atoms with Crippen molar-refractivity contribution < 1.29 is 15.3 Å². The monoisotopic (exact) mass is 256 g/mol. The van der Waals surface area contributed by atoms with Crippen LogP contribution < -0.4 is 0 Å². The van der Waals surface area contributed by atoms with Gasteiger partial charge in [0.1, 0.15) is 0 Å². The van der Waals surface area contributed by atoms with Crippen LogP contribution in [0.3, 0.4) is 0 Å². The molecule has 2 aliphatic rings. The maximum atomic E-state index is 10.6. The fourth-order valence-electron chi connectivity index (χ4n) is 4.92. The summed E-state index contributed by atoms with van der Waals surface area (Å²) in [6.45, 7) is 8.35. The van der Waals surface area contributed by atoms with Crippen molar-refractivity contribution >= 4 is 0 Å². The Labute approximate surface area is 110 Å². The molecule has 18 heavy (non-hydrogen) atoms. The Morgan fingerprint density at radius 2 is 1.67 bits per heavy atom. The van der Waals surface area contributed by atoms with E-state index in [1.54, 1.807) is 0 Å². The van der Waals surface area contributed by atoms with E-state index in [0.717, 1.165) is 19.3 Å². The van der Waals surface area contributed by atoms with Gasteiger partial charge in [0.25, 0.3) is 0 Å². The van der Waals surface area contributed by atoms with Crippen molar-refractivity contribution in [3.8, 4) is 0 Å². The van der Waals surface area contributed by atoms with E-state index in [9.17, 15) is 15.3 Å². The van der Waals surface area contributed by atoms with Crippen molar-refractivity contribution in [2.24, 2.45) is 22.7 Å². The molecule has 0 radical (unpaired) electrons. The zero-order chi connectivity index (χ0) is 13.8. The van der Waals surface area contributed by atoms with Gasteiger partial charge in [-0.15, -0.1) is 0 Å². The predicted molar refractivity (Wildman–Crippen MR) is 71.1 cm³/mol. The first-order chi connectivity index (χ1) is 8.16. The summed E-state index contributed by atoms with van der Waals surface area (Å²) in [7, 11) is 0. The first kappa shape index (κ1) is 14.3. The van der Waals surface area contributed by atoms with Crippen molar-refractivity contribution in [1.29, 1.82) is 0 Å². The lowest BCUT2D eigenvalue weighted by Crippen LogP contribution is -2.61. The Bertz CT molecular complexity index is 324. The van der Waals surface area contributed by atoms with E-state index in [4.69, 9.17) is 0 Å². The predicted octanol–water partition coefficient (Wildman–Crippen LogP) is 1.94. The highest BCUT2D eigenvalue weighted by Crippen LogP contribution is 2.61. The molecular weight excluding hydrogens is 228 g/mol. The first-order valence-corrected chi connectivity index (χ1v) is 7.17. The van der Waals surface area contributed by atoms with Crippen LogP contribution >= 0.6 is 0 Å². The molecule has 0 bridgehead atoms. The highest BCUT2D eigenvalue weighted by Gasteiger charge is 2.59. The minimum atomic E-state index is -0.779. The third kappa shape index (κ3) is 1.83. The van der Waals surface area contributed by atoms with Crippen LogP contribution in [0.25, 0.3) is 0 Å². The van der Waals surface area contributed by atoms with Crippen molar-refractivity contribution in [3.63, 3.8) is 0 Å². The Kier molecular flexibility index (Phi) is 3.33. The molecule has 3 N–H and O–H groups in total. The molecule has 0 aromatic rings. The van der Waals surface area contributed by atoms with Crippen LogP contribution in [0.2, 0.25) is 0 Å². The molecule has 0 heterocycles. The van der Waals surface area contributed by atoms with Gasteiger partial charge in [-0.25, -0.2) is 0 Å². The topological polar surface area (TPSA) is 60.7 Å². The standard InChI is InChI=1S/C15H28O3/c1-13(2)10-5-8-15(4,18)11(9-16)14(10,3)7-6-12(13)17/h10-12,16-18H,5-9H2,1-4H3/t10-,11+,12-,14-,15+/m0/s1. The molecule has 0 saturated heterocycles. The van der Waals surface area contributed by atoms with Gasteiger partial charge in [0.05, 0.1) is 11.7 Å². The fourth-order valence-corrected chi connectivity index (χ4v) is 4.92. The Hall–Kier alpha value is -0.120. The zero-order valence-electron chi connectivity index (χ0n) is 12.1. The van der Waals surface area contributed by atoms with Gasteiger partial charge in [0, 0.05) is 12.5 Å². The number of rotatable bonds is 1. The molecule has 0 aliphatic heterocycles. The summed E-state index contributed by atoms with van der Waals surface area (Å²) in [5, 5.41) is 30.6. The zero-order valence-corrected chi connectivity index (χ0v) is 12.1. The molecule has 2 aliphatic carbocycles. The van der Waals surface area contributed by atoms with Gasteiger partial charge in [0.2, 0.25) is 0 Å². The van der Waals surface area contributed by atoms with Crippen LogP contribution in [0.1, 0.15) is 53.4 Å². The molecule has 0 amide bonds. The summed E-state index contributed by atoms with van der Waals surface area (Å²) in [5.41, 5.74) is -0.978. The van der Waals surface area contributed by atoms with Gasteiger partial charge >= 0.3 is 0 Å². The van der Waals surface area contributed by atoms with E-state index in [1.165, 1.54) is 0 Å². The summed E-state index contributed by atoms with van der Waals surface area (Å²) in [5.74, 6) is 0.279. The van der Waals surface area contributed by atoms with Crippen molar-refractivity contribution in [2.75, 3.05) is 6.61 Å². The van der Waals surface area contributed by atoms with Gasteiger partial charge in [-0.05, 0) is 49.4 Å². The molecule has 106 valence electrons.